The highest BCUT2D eigenvalue weighted by molar-refractivity contribution is 5.74. The van der Waals surface area contributed by atoms with Crippen molar-refractivity contribution in [1.29, 1.82) is 0 Å². The van der Waals surface area contributed by atoms with Crippen LogP contribution in [0.15, 0.2) is 30.3 Å². The van der Waals surface area contributed by atoms with Crippen LogP contribution in [0.1, 0.15) is 44.9 Å². The number of nitrogens with one attached hydrogen (secondary N) is 1. The maximum Gasteiger partial charge on any atom is 0.317 e. The molecule has 1 aromatic rings. The van der Waals surface area contributed by atoms with Crippen molar-refractivity contribution in [2.24, 2.45) is 5.92 Å². The van der Waals surface area contributed by atoms with Crippen LogP contribution in [0.5, 0.6) is 5.75 Å². The predicted octanol–water partition coefficient (Wildman–Crippen LogP) is 3.82. The first-order valence-corrected chi connectivity index (χ1v) is 9.04. The van der Waals surface area contributed by atoms with Gasteiger partial charge in [0.1, 0.15) is 5.75 Å². The van der Waals surface area contributed by atoms with E-state index in [-0.39, 0.29) is 6.03 Å². The van der Waals surface area contributed by atoms with Gasteiger partial charge < -0.3 is 15.0 Å². The van der Waals surface area contributed by atoms with E-state index in [9.17, 15) is 4.79 Å². The van der Waals surface area contributed by atoms with E-state index in [0.717, 1.165) is 44.5 Å². The molecule has 1 N–H and O–H groups in total. The zero-order valence-corrected chi connectivity index (χ0v) is 13.9. The van der Waals surface area contributed by atoms with E-state index in [1.54, 1.807) is 0 Å². The number of carbonyl (C=O) groups excluding carboxylic acids is 1. The number of nitrogens with zero attached hydrogens (tertiary/aromatic N) is 1. The number of urea groups is 1. The number of carbonyl (C=O) groups is 1. The lowest BCUT2D eigenvalue weighted by molar-refractivity contribution is 0.134. The molecule has 126 valence electrons. The number of likely N-dealkylation sites (tertiary alicyclic amines) is 1. The van der Waals surface area contributed by atoms with E-state index in [1.165, 1.54) is 19.3 Å². The molecule has 1 saturated carbocycles. The summed E-state index contributed by atoms with van der Waals surface area (Å²) in [5.74, 6) is 1.34. The summed E-state index contributed by atoms with van der Waals surface area (Å²) in [6.45, 7) is 2.38. The topological polar surface area (TPSA) is 41.6 Å². The fraction of sp³-hybridized carbons (Fsp3) is 0.632. The summed E-state index contributed by atoms with van der Waals surface area (Å²) >= 11 is 0. The van der Waals surface area contributed by atoms with Crippen molar-refractivity contribution < 1.29 is 9.53 Å². The van der Waals surface area contributed by atoms with Gasteiger partial charge in [-0.25, -0.2) is 4.79 Å². The quantitative estimate of drug-likeness (QED) is 0.917. The number of ether oxygens (including phenoxy) is 1. The Morgan fingerprint density at radius 3 is 2.65 bits per heavy atom. The van der Waals surface area contributed by atoms with Gasteiger partial charge in [-0.2, -0.15) is 0 Å². The molecule has 1 saturated heterocycles. The SMILES string of the molecule is O=C(NC1CCCCC1)N1CCCC(COc2ccccc2)C1. The molecule has 3 rings (SSSR count). The first-order valence-electron chi connectivity index (χ1n) is 9.04. The van der Waals surface area contributed by atoms with E-state index in [4.69, 9.17) is 4.74 Å². The van der Waals surface area contributed by atoms with E-state index in [1.807, 2.05) is 35.2 Å². The molecule has 1 heterocycles. The largest absolute Gasteiger partial charge is 0.493 e. The third-order valence-electron chi connectivity index (χ3n) is 4.97. The Hall–Kier alpha value is -1.71. The second kappa shape index (κ2) is 8.23. The molecular formula is C19H28N2O2. The van der Waals surface area contributed by atoms with Crippen LogP contribution in [0, 0.1) is 5.92 Å². The summed E-state index contributed by atoms with van der Waals surface area (Å²) in [7, 11) is 0. The molecule has 0 bridgehead atoms. The standard InChI is InChI=1S/C19H28N2O2/c22-19(20-17-9-3-1-4-10-17)21-13-7-8-16(14-21)15-23-18-11-5-2-6-12-18/h2,5-6,11-12,16-17H,1,3-4,7-10,13-15H2,(H,20,22). The fourth-order valence-electron chi connectivity index (χ4n) is 3.63. The second-order valence-electron chi connectivity index (χ2n) is 6.86. The molecule has 2 fully saturated rings. The Kier molecular flexibility index (Phi) is 5.78. The zero-order valence-electron chi connectivity index (χ0n) is 13.9. The smallest absolute Gasteiger partial charge is 0.317 e. The maximum atomic E-state index is 12.5. The molecule has 2 amide bonds. The number of rotatable bonds is 4. The van der Waals surface area contributed by atoms with Crippen molar-refractivity contribution in [1.82, 2.24) is 10.2 Å². The van der Waals surface area contributed by atoms with Crippen LogP contribution in [0.2, 0.25) is 0 Å². The molecule has 0 spiro atoms. The summed E-state index contributed by atoms with van der Waals surface area (Å²) in [6.07, 6.45) is 8.30. The highest BCUT2D eigenvalue weighted by atomic mass is 16.5. The van der Waals surface area contributed by atoms with Crippen molar-refractivity contribution in [3.8, 4) is 5.75 Å². The summed E-state index contributed by atoms with van der Waals surface area (Å²) < 4.78 is 5.87. The normalized spacial score (nSPS) is 22.6. The molecule has 1 aromatic carbocycles. The highest BCUT2D eigenvalue weighted by Crippen LogP contribution is 2.21. The summed E-state index contributed by atoms with van der Waals surface area (Å²) in [5.41, 5.74) is 0. The Balaban J connectivity index is 1.44. The molecule has 1 aliphatic carbocycles. The lowest BCUT2D eigenvalue weighted by atomic mass is 9.95. The summed E-state index contributed by atoms with van der Waals surface area (Å²) in [6, 6.07) is 10.4. The highest BCUT2D eigenvalue weighted by Gasteiger charge is 2.26. The number of hydrogen-bond donors (Lipinski definition) is 1. The van der Waals surface area contributed by atoms with E-state index in [2.05, 4.69) is 5.32 Å². The van der Waals surface area contributed by atoms with Gasteiger partial charge in [0.05, 0.1) is 6.61 Å². The van der Waals surface area contributed by atoms with Crippen LogP contribution < -0.4 is 10.1 Å². The summed E-state index contributed by atoms with van der Waals surface area (Å²) in [5, 5.41) is 3.23. The van der Waals surface area contributed by atoms with Crippen molar-refractivity contribution >= 4 is 6.03 Å². The molecule has 4 heteroatoms. The van der Waals surface area contributed by atoms with Gasteiger partial charge in [0, 0.05) is 25.0 Å². The summed E-state index contributed by atoms with van der Waals surface area (Å²) in [4.78, 5) is 14.4. The third-order valence-corrected chi connectivity index (χ3v) is 4.97. The van der Waals surface area contributed by atoms with Crippen LogP contribution >= 0.6 is 0 Å². The van der Waals surface area contributed by atoms with Crippen LogP contribution in [0.25, 0.3) is 0 Å². The molecule has 1 unspecified atom stereocenters. The van der Waals surface area contributed by atoms with Crippen LogP contribution in [0.4, 0.5) is 4.79 Å². The minimum absolute atomic E-state index is 0.126. The average molecular weight is 316 g/mol. The van der Waals surface area contributed by atoms with Crippen LogP contribution in [0.3, 0.4) is 0 Å². The number of amides is 2. The maximum absolute atomic E-state index is 12.5. The van der Waals surface area contributed by atoms with Crippen molar-refractivity contribution in [2.75, 3.05) is 19.7 Å². The molecule has 23 heavy (non-hydrogen) atoms. The Morgan fingerprint density at radius 1 is 1.09 bits per heavy atom. The monoisotopic (exact) mass is 316 g/mol. The number of benzene rings is 1. The van der Waals surface area contributed by atoms with Gasteiger partial charge in [0.15, 0.2) is 0 Å². The first kappa shape index (κ1) is 16.2. The Bertz CT molecular complexity index is 485. The number of piperidine rings is 1. The van der Waals surface area contributed by atoms with E-state index >= 15 is 0 Å². The van der Waals surface area contributed by atoms with E-state index in [0.29, 0.717) is 18.6 Å². The molecule has 1 atom stereocenters. The Morgan fingerprint density at radius 2 is 1.87 bits per heavy atom. The van der Waals surface area contributed by atoms with Crippen molar-refractivity contribution in [2.45, 2.75) is 51.0 Å². The lowest BCUT2D eigenvalue weighted by Gasteiger charge is -2.34. The van der Waals surface area contributed by atoms with Gasteiger partial charge in [-0.05, 0) is 37.8 Å². The minimum atomic E-state index is 0.126. The first-order chi connectivity index (χ1) is 11.3. The third kappa shape index (κ3) is 4.88. The average Bonchev–Trinajstić information content (AvgIpc) is 2.62. The predicted molar refractivity (Wildman–Crippen MR) is 91.6 cm³/mol. The molecule has 1 aliphatic heterocycles. The van der Waals surface area contributed by atoms with Crippen LogP contribution in [-0.2, 0) is 0 Å². The molecule has 4 nitrogen and oxygen atoms in total. The van der Waals surface area contributed by atoms with Gasteiger partial charge in [-0.15, -0.1) is 0 Å². The fourth-order valence-corrected chi connectivity index (χ4v) is 3.63. The van der Waals surface area contributed by atoms with Gasteiger partial charge in [-0.3, -0.25) is 0 Å². The second-order valence-corrected chi connectivity index (χ2v) is 6.86. The van der Waals surface area contributed by atoms with Crippen LogP contribution in [-0.4, -0.2) is 36.7 Å². The van der Waals surface area contributed by atoms with Gasteiger partial charge in [0.2, 0.25) is 0 Å². The zero-order chi connectivity index (χ0) is 15.9. The van der Waals surface area contributed by atoms with Crippen molar-refractivity contribution in [3.05, 3.63) is 30.3 Å². The molecular weight excluding hydrogens is 288 g/mol. The van der Waals surface area contributed by atoms with Gasteiger partial charge in [-0.1, -0.05) is 37.5 Å². The number of para-hydroxylation sites is 1. The van der Waals surface area contributed by atoms with Gasteiger partial charge >= 0.3 is 6.03 Å². The Labute approximate surface area is 139 Å². The number of hydrogen-bond acceptors (Lipinski definition) is 2. The van der Waals surface area contributed by atoms with E-state index < -0.39 is 0 Å². The minimum Gasteiger partial charge on any atom is -0.493 e. The molecule has 2 aliphatic rings. The molecule has 0 radical (unpaired) electrons. The lowest BCUT2D eigenvalue weighted by Crippen LogP contribution is -2.49. The van der Waals surface area contributed by atoms with Gasteiger partial charge in [0.25, 0.3) is 0 Å². The molecule has 0 aromatic heterocycles. The van der Waals surface area contributed by atoms with Crippen molar-refractivity contribution in [3.63, 3.8) is 0 Å².